The summed E-state index contributed by atoms with van der Waals surface area (Å²) in [5.74, 6) is -0.336. The molecule has 1 spiro atoms. The molecule has 2 heterocycles. The van der Waals surface area contributed by atoms with E-state index in [4.69, 9.17) is 9.47 Å². The van der Waals surface area contributed by atoms with E-state index in [1.54, 1.807) is 18.0 Å². The standard InChI is InChI=1S/C12H19N3O2S/c1-13-9-2-3-12(16-6-7-17-12)8-10(9)18-11-14-4-5-15-11/h4-5,9-10,13H,2-3,6-8H2,1H3,(H,14,15). The summed E-state index contributed by atoms with van der Waals surface area (Å²) in [6.45, 7) is 1.45. The molecule has 2 aliphatic rings. The van der Waals surface area contributed by atoms with Gasteiger partial charge in [-0.15, -0.1) is 0 Å². The minimum atomic E-state index is -0.336. The smallest absolute Gasteiger partial charge is 0.169 e. The maximum atomic E-state index is 5.83. The van der Waals surface area contributed by atoms with E-state index in [0.717, 1.165) is 37.6 Å². The van der Waals surface area contributed by atoms with Gasteiger partial charge in [-0.1, -0.05) is 11.8 Å². The van der Waals surface area contributed by atoms with Crippen LogP contribution in [0.1, 0.15) is 19.3 Å². The maximum Gasteiger partial charge on any atom is 0.169 e. The Morgan fingerprint density at radius 1 is 1.50 bits per heavy atom. The maximum absolute atomic E-state index is 5.83. The van der Waals surface area contributed by atoms with Gasteiger partial charge in [0.05, 0.1) is 13.2 Å². The van der Waals surface area contributed by atoms with Gasteiger partial charge in [0.25, 0.3) is 0 Å². The fourth-order valence-corrected chi connectivity index (χ4v) is 4.10. The van der Waals surface area contributed by atoms with Crippen LogP contribution in [0.15, 0.2) is 17.6 Å². The van der Waals surface area contributed by atoms with E-state index in [9.17, 15) is 0 Å². The zero-order valence-electron chi connectivity index (χ0n) is 10.5. The van der Waals surface area contributed by atoms with Crippen molar-refractivity contribution in [3.63, 3.8) is 0 Å². The number of aromatic nitrogens is 2. The van der Waals surface area contributed by atoms with E-state index in [1.165, 1.54) is 0 Å². The van der Waals surface area contributed by atoms with Gasteiger partial charge in [-0.25, -0.2) is 4.98 Å². The SMILES string of the molecule is CNC1CCC2(CC1Sc1ncc[nH]1)OCCO2. The molecule has 1 aromatic heterocycles. The summed E-state index contributed by atoms with van der Waals surface area (Å²) in [6, 6.07) is 0.485. The van der Waals surface area contributed by atoms with Gasteiger partial charge in [0, 0.05) is 36.5 Å². The molecule has 0 aromatic carbocycles. The molecule has 2 atom stereocenters. The Labute approximate surface area is 111 Å². The number of rotatable bonds is 3. The predicted octanol–water partition coefficient (Wildman–Crippen LogP) is 1.39. The van der Waals surface area contributed by atoms with Crippen molar-refractivity contribution in [1.29, 1.82) is 0 Å². The molecule has 1 saturated carbocycles. The van der Waals surface area contributed by atoms with Gasteiger partial charge >= 0.3 is 0 Å². The quantitative estimate of drug-likeness (QED) is 0.868. The molecule has 3 rings (SSSR count). The molecule has 2 fully saturated rings. The van der Waals surface area contributed by atoms with E-state index in [2.05, 4.69) is 15.3 Å². The second-order valence-electron chi connectivity index (χ2n) is 4.80. The summed E-state index contributed by atoms with van der Waals surface area (Å²) < 4.78 is 11.7. The highest BCUT2D eigenvalue weighted by Crippen LogP contribution is 2.41. The summed E-state index contributed by atoms with van der Waals surface area (Å²) in [5.41, 5.74) is 0. The van der Waals surface area contributed by atoms with Crippen LogP contribution in [-0.4, -0.2) is 47.3 Å². The van der Waals surface area contributed by atoms with Gasteiger partial charge < -0.3 is 19.8 Å². The van der Waals surface area contributed by atoms with Crippen LogP contribution in [0.3, 0.4) is 0 Å². The monoisotopic (exact) mass is 269 g/mol. The van der Waals surface area contributed by atoms with E-state index >= 15 is 0 Å². The first-order valence-corrected chi connectivity index (χ1v) is 7.30. The van der Waals surface area contributed by atoms with Crippen molar-refractivity contribution in [2.75, 3.05) is 20.3 Å². The molecule has 0 amide bonds. The van der Waals surface area contributed by atoms with E-state index in [-0.39, 0.29) is 5.79 Å². The lowest BCUT2D eigenvalue weighted by Gasteiger charge is -2.40. The second kappa shape index (κ2) is 5.21. The third kappa shape index (κ3) is 2.42. The first-order chi connectivity index (χ1) is 8.81. The predicted molar refractivity (Wildman–Crippen MR) is 69.6 cm³/mol. The van der Waals surface area contributed by atoms with Crippen molar-refractivity contribution in [2.24, 2.45) is 0 Å². The number of thioether (sulfide) groups is 1. The molecule has 18 heavy (non-hydrogen) atoms. The van der Waals surface area contributed by atoms with Crippen LogP contribution in [0.4, 0.5) is 0 Å². The molecule has 6 heteroatoms. The fraction of sp³-hybridized carbons (Fsp3) is 0.750. The zero-order chi connectivity index (χ0) is 12.4. The van der Waals surface area contributed by atoms with Crippen LogP contribution in [0.5, 0.6) is 0 Å². The van der Waals surface area contributed by atoms with Crippen molar-refractivity contribution < 1.29 is 9.47 Å². The van der Waals surface area contributed by atoms with Crippen LogP contribution in [0, 0.1) is 0 Å². The summed E-state index contributed by atoms with van der Waals surface area (Å²) in [6.07, 6.45) is 6.63. The Bertz CT molecular complexity index is 379. The lowest BCUT2D eigenvalue weighted by atomic mass is 9.89. The molecule has 5 nitrogen and oxygen atoms in total. The van der Waals surface area contributed by atoms with Crippen LogP contribution in [0.2, 0.25) is 0 Å². The van der Waals surface area contributed by atoms with Gasteiger partial charge in [0.1, 0.15) is 0 Å². The van der Waals surface area contributed by atoms with Crippen LogP contribution >= 0.6 is 11.8 Å². The summed E-state index contributed by atoms with van der Waals surface area (Å²) in [4.78, 5) is 7.44. The largest absolute Gasteiger partial charge is 0.347 e. The normalized spacial score (nSPS) is 30.9. The van der Waals surface area contributed by atoms with Crippen LogP contribution in [-0.2, 0) is 9.47 Å². The summed E-state index contributed by atoms with van der Waals surface area (Å²) >= 11 is 1.78. The molecule has 0 bridgehead atoms. The van der Waals surface area contributed by atoms with E-state index in [0.29, 0.717) is 11.3 Å². The third-order valence-corrected chi connectivity index (χ3v) is 4.96. The first kappa shape index (κ1) is 12.5. The molecule has 1 saturated heterocycles. The highest BCUT2D eigenvalue weighted by atomic mass is 32.2. The van der Waals surface area contributed by atoms with Crippen molar-refractivity contribution >= 4 is 11.8 Å². The molecule has 1 aromatic rings. The Morgan fingerprint density at radius 2 is 2.33 bits per heavy atom. The number of ether oxygens (including phenoxy) is 2. The fourth-order valence-electron chi connectivity index (χ4n) is 2.78. The van der Waals surface area contributed by atoms with Crippen molar-refractivity contribution in [2.45, 2.75) is 41.5 Å². The van der Waals surface area contributed by atoms with Crippen molar-refractivity contribution in [3.05, 3.63) is 12.4 Å². The Hall–Kier alpha value is -0.560. The molecule has 2 N–H and O–H groups in total. The first-order valence-electron chi connectivity index (χ1n) is 6.42. The number of imidazole rings is 1. The second-order valence-corrected chi connectivity index (χ2v) is 6.02. The lowest BCUT2D eigenvalue weighted by molar-refractivity contribution is -0.177. The van der Waals surface area contributed by atoms with Crippen LogP contribution in [0.25, 0.3) is 0 Å². The Balaban J connectivity index is 1.71. The molecule has 100 valence electrons. The molecule has 1 aliphatic heterocycles. The molecule has 2 unspecified atom stereocenters. The average Bonchev–Trinajstić information content (AvgIpc) is 3.02. The third-order valence-electron chi connectivity index (χ3n) is 3.72. The number of hydrogen-bond donors (Lipinski definition) is 2. The molecular weight excluding hydrogens is 250 g/mol. The molecule has 0 radical (unpaired) electrons. The molecule has 1 aliphatic carbocycles. The number of nitrogens with zero attached hydrogens (tertiary/aromatic N) is 1. The van der Waals surface area contributed by atoms with E-state index in [1.807, 2.05) is 13.2 Å². The Morgan fingerprint density at radius 3 is 3.00 bits per heavy atom. The van der Waals surface area contributed by atoms with Gasteiger partial charge in [-0.2, -0.15) is 0 Å². The molecular formula is C12H19N3O2S. The number of nitrogens with one attached hydrogen (secondary N) is 2. The minimum absolute atomic E-state index is 0.336. The minimum Gasteiger partial charge on any atom is -0.347 e. The summed E-state index contributed by atoms with van der Waals surface area (Å²) in [7, 11) is 2.02. The van der Waals surface area contributed by atoms with Crippen molar-refractivity contribution in [3.8, 4) is 0 Å². The van der Waals surface area contributed by atoms with Gasteiger partial charge in [-0.3, -0.25) is 0 Å². The number of aromatic amines is 1. The lowest BCUT2D eigenvalue weighted by Crippen LogP contribution is -2.48. The highest BCUT2D eigenvalue weighted by Gasteiger charge is 2.45. The Kier molecular flexibility index (Phi) is 3.61. The topological polar surface area (TPSA) is 59.2 Å². The van der Waals surface area contributed by atoms with Crippen LogP contribution < -0.4 is 5.32 Å². The summed E-state index contributed by atoms with van der Waals surface area (Å²) in [5, 5.41) is 4.79. The van der Waals surface area contributed by atoms with Gasteiger partial charge in [-0.05, 0) is 13.5 Å². The van der Waals surface area contributed by atoms with E-state index < -0.39 is 0 Å². The number of H-pyrrole nitrogens is 1. The average molecular weight is 269 g/mol. The van der Waals surface area contributed by atoms with Crippen molar-refractivity contribution in [1.82, 2.24) is 15.3 Å². The van der Waals surface area contributed by atoms with Gasteiger partial charge in [0.15, 0.2) is 10.9 Å². The highest BCUT2D eigenvalue weighted by molar-refractivity contribution is 7.99. The van der Waals surface area contributed by atoms with Gasteiger partial charge in [0.2, 0.25) is 0 Å². The number of hydrogen-bond acceptors (Lipinski definition) is 5. The zero-order valence-corrected chi connectivity index (χ0v) is 11.3.